The maximum Gasteiger partial charge on any atom is 0.270 e. The minimum Gasteiger partial charge on any atom is -0.267 e. The van der Waals surface area contributed by atoms with Gasteiger partial charge < -0.3 is 0 Å². The molecule has 1 aromatic rings. The molecule has 0 unspecified atom stereocenters. The van der Waals surface area contributed by atoms with Crippen LogP contribution in [0.25, 0.3) is 0 Å². The first kappa shape index (κ1) is 12.0. The fourth-order valence-corrected chi connectivity index (χ4v) is 1.68. The fourth-order valence-electron chi connectivity index (χ4n) is 1.68. The lowest BCUT2D eigenvalue weighted by Crippen LogP contribution is -2.24. The van der Waals surface area contributed by atoms with E-state index >= 15 is 0 Å². The van der Waals surface area contributed by atoms with E-state index in [2.05, 4.69) is 12.0 Å². The van der Waals surface area contributed by atoms with E-state index in [-0.39, 0.29) is 5.56 Å². The minimum atomic E-state index is 0.0989. The number of aromatic nitrogens is 2. The first-order chi connectivity index (χ1) is 7.24. The van der Waals surface area contributed by atoms with Crippen LogP contribution in [-0.4, -0.2) is 9.78 Å². The molecule has 1 aliphatic carbocycles. The molecule has 1 aromatic heterocycles. The first-order valence-corrected chi connectivity index (χ1v) is 5.79. The van der Waals surface area contributed by atoms with Crippen LogP contribution in [-0.2, 0) is 13.5 Å². The molecule has 1 heterocycles. The zero-order chi connectivity index (χ0) is 11.4. The molecule has 1 fully saturated rings. The van der Waals surface area contributed by atoms with Gasteiger partial charge in [-0.05, 0) is 30.7 Å². The van der Waals surface area contributed by atoms with Crippen molar-refractivity contribution in [1.82, 2.24) is 9.78 Å². The Balaban J connectivity index is 0.000000531. The Morgan fingerprint density at radius 1 is 1.47 bits per heavy atom. The second-order valence-electron chi connectivity index (χ2n) is 3.64. The zero-order valence-corrected chi connectivity index (χ0v) is 10.1. The average Bonchev–Trinajstić information content (AvgIpc) is 3.08. The fraction of sp³-hybridized carbons (Fsp3) is 0.667. The summed E-state index contributed by atoms with van der Waals surface area (Å²) in [5.74, 6) is 0.525. The normalized spacial score (nSPS) is 14.4. The van der Waals surface area contributed by atoms with Crippen LogP contribution < -0.4 is 5.56 Å². The number of rotatable bonds is 2. The van der Waals surface area contributed by atoms with E-state index in [1.807, 2.05) is 20.0 Å². The third-order valence-electron chi connectivity index (χ3n) is 2.62. The minimum absolute atomic E-state index is 0.0989. The Morgan fingerprint density at radius 2 is 2.07 bits per heavy atom. The van der Waals surface area contributed by atoms with Crippen molar-refractivity contribution in [3.63, 3.8) is 0 Å². The van der Waals surface area contributed by atoms with Gasteiger partial charge in [0.05, 0.1) is 6.20 Å². The van der Waals surface area contributed by atoms with Crippen LogP contribution in [0.5, 0.6) is 0 Å². The molecule has 3 nitrogen and oxygen atoms in total. The Bertz CT molecular complexity index is 378. The Hall–Kier alpha value is -1.12. The summed E-state index contributed by atoms with van der Waals surface area (Å²) in [5.41, 5.74) is 2.24. The number of aryl methyl sites for hydroxylation is 2. The van der Waals surface area contributed by atoms with Crippen molar-refractivity contribution in [2.24, 2.45) is 7.05 Å². The summed E-state index contributed by atoms with van der Waals surface area (Å²) < 4.78 is 1.44. The van der Waals surface area contributed by atoms with Crippen LogP contribution >= 0.6 is 0 Å². The molecule has 0 atom stereocenters. The van der Waals surface area contributed by atoms with Crippen LogP contribution in [0.1, 0.15) is 50.7 Å². The van der Waals surface area contributed by atoms with Gasteiger partial charge in [0.1, 0.15) is 0 Å². The topological polar surface area (TPSA) is 34.9 Å². The summed E-state index contributed by atoms with van der Waals surface area (Å²) in [7, 11) is 1.72. The predicted octanol–water partition coefficient (Wildman–Crippen LogP) is 2.25. The second kappa shape index (κ2) is 5.10. The molecule has 84 valence electrons. The molecule has 1 saturated carbocycles. The molecule has 15 heavy (non-hydrogen) atoms. The van der Waals surface area contributed by atoms with E-state index in [9.17, 15) is 4.79 Å². The second-order valence-corrected chi connectivity index (χ2v) is 3.64. The van der Waals surface area contributed by atoms with E-state index in [1.165, 1.54) is 17.5 Å². The third kappa shape index (κ3) is 2.46. The average molecular weight is 208 g/mol. The summed E-state index contributed by atoms with van der Waals surface area (Å²) in [5, 5.41) is 4.02. The lowest BCUT2D eigenvalue weighted by Gasteiger charge is -2.06. The van der Waals surface area contributed by atoms with Crippen LogP contribution in [0.2, 0.25) is 0 Å². The van der Waals surface area contributed by atoms with Crippen LogP contribution in [0, 0.1) is 0 Å². The smallest absolute Gasteiger partial charge is 0.267 e. The summed E-state index contributed by atoms with van der Waals surface area (Å²) in [4.78, 5) is 11.7. The molecule has 0 spiro atoms. The summed E-state index contributed by atoms with van der Waals surface area (Å²) in [6.45, 7) is 6.07. The monoisotopic (exact) mass is 208 g/mol. The SMILES string of the molecule is CC.CCc1cnn(C)c(=O)c1C1CC1. The summed E-state index contributed by atoms with van der Waals surface area (Å²) in [6.07, 6.45) is 5.09. The summed E-state index contributed by atoms with van der Waals surface area (Å²) >= 11 is 0. The molecule has 1 aliphatic rings. The molecule has 0 saturated heterocycles. The Kier molecular flexibility index (Phi) is 4.06. The maximum absolute atomic E-state index is 11.7. The van der Waals surface area contributed by atoms with Gasteiger partial charge in [0.15, 0.2) is 0 Å². The predicted molar refractivity (Wildman–Crippen MR) is 62.2 cm³/mol. The van der Waals surface area contributed by atoms with Crippen molar-refractivity contribution >= 4 is 0 Å². The third-order valence-corrected chi connectivity index (χ3v) is 2.62. The van der Waals surface area contributed by atoms with E-state index in [1.54, 1.807) is 7.05 Å². The van der Waals surface area contributed by atoms with E-state index < -0.39 is 0 Å². The molecule has 3 heteroatoms. The van der Waals surface area contributed by atoms with Gasteiger partial charge in [-0.1, -0.05) is 20.8 Å². The zero-order valence-electron chi connectivity index (χ0n) is 10.1. The highest BCUT2D eigenvalue weighted by Gasteiger charge is 2.28. The lowest BCUT2D eigenvalue weighted by atomic mass is 10.1. The number of hydrogen-bond acceptors (Lipinski definition) is 2. The maximum atomic E-state index is 11.7. The van der Waals surface area contributed by atoms with Crippen molar-refractivity contribution < 1.29 is 0 Å². The van der Waals surface area contributed by atoms with Gasteiger partial charge in [0.2, 0.25) is 0 Å². The molecule has 0 amide bonds. The van der Waals surface area contributed by atoms with Crippen molar-refractivity contribution in [2.75, 3.05) is 0 Å². The quantitative estimate of drug-likeness (QED) is 0.747. The highest BCUT2D eigenvalue weighted by Crippen LogP contribution is 2.39. The highest BCUT2D eigenvalue weighted by molar-refractivity contribution is 5.28. The van der Waals surface area contributed by atoms with Crippen molar-refractivity contribution in [3.8, 4) is 0 Å². The lowest BCUT2D eigenvalue weighted by molar-refractivity contribution is 0.683. The molecular formula is C12H20N2O. The van der Waals surface area contributed by atoms with Crippen molar-refractivity contribution in [2.45, 2.75) is 46.0 Å². The van der Waals surface area contributed by atoms with Gasteiger partial charge in [-0.2, -0.15) is 5.10 Å². The molecular weight excluding hydrogens is 188 g/mol. The van der Waals surface area contributed by atoms with E-state index in [4.69, 9.17) is 0 Å². The van der Waals surface area contributed by atoms with Gasteiger partial charge >= 0.3 is 0 Å². The standard InChI is InChI=1S/C10H14N2O.C2H6/c1-3-7-6-11-12(2)10(13)9(7)8-4-5-8;1-2/h6,8H,3-5H2,1-2H3;1-2H3. The summed E-state index contributed by atoms with van der Waals surface area (Å²) in [6, 6.07) is 0. The van der Waals surface area contributed by atoms with Gasteiger partial charge in [-0.15, -0.1) is 0 Å². The van der Waals surface area contributed by atoms with Crippen molar-refractivity contribution in [3.05, 3.63) is 27.7 Å². The molecule has 0 bridgehead atoms. The first-order valence-electron chi connectivity index (χ1n) is 5.79. The Labute approximate surface area is 91.1 Å². The molecule has 0 aliphatic heterocycles. The molecule has 0 radical (unpaired) electrons. The van der Waals surface area contributed by atoms with Gasteiger partial charge in [-0.3, -0.25) is 4.79 Å². The van der Waals surface area contributed by atoms with Crippen molar-refractivity contribution in [1.29, 1.82) is 0 Å². The van der Waals surface area contributed by atoms with Gasteiger partial charge in [0.25, 0.3) is 5.56 Å². The van der Waals surface area contributed by atoms with E-state index in [0.717, 1.165) is 17.5 Å². The highest BCUT2D eigenvalue weighted by atomic mass is 16.1. The van der Waals surface area contributed by atoms with Crippen LogP contribution in [0.3, 0.4) is 0 Å². The number of nitrogens with zero attached hydrogens (tertiary/aromatic N) is 2. The van der Waals surface area contributed by atoms with Gasteiger partial charge in [-0.25, -0.2) is 4.68 Å². The van der Waals surface area contributed by atoms with Crippen LogP contribution in [0.15, 0.2) is 11.0 Å². The molecule has 0 aromatic carbocycles. The molecule has 2 rings (SSSR count). The van der Waals surface area contributed by atoms with Gasteiger partial charge in [0, 0.05) is 12.6 Å². The van der Waals surface area contributed by atoms with Crippen LogP contribution in [0.4, 0.5) is 0 Å². The Morgan fingerprint density at radius 3 is 2.53 bits per heavy atom. The van der Waals surface area contributed by atoms with E-state index in [0.29, 0.717) is 5.92 Å². The molecule has 0 N–H and O–H groups in total. The number of hydrogen-bond donors (Lipinski definition) is 0. The largest absolute Gasteiger partial charge is 0.270 e.